The fourth-order valence-corrected chi connectivity index (χ4v) is 6.01. The molecule has 0 aliphatic heterocycles. The van der Waals surface area contributed by atoms with E-state index in [1.54, 1.807) is 84.9 Å². The molecule has 140 valence electrons. The summed E-state index contributed by atoms with van der Waals surface area (Å²) in [6, 6.07) is 25.7. The van der Waals surface area contributed by atoms with Gasteiger partial charge < -0.3 is 14.7 Å². The topological polar surface area (TPSA) is 77.8 Å². The highest BCUT2D eigenvalue weighted by Crippen LogP contribution is 2.46. The van der Waals surface area contributed by atoms with Gasteiger partial charge in [0.05, 0.1) is 12.6 Å². The van der Waals surface area contributed by atoms with E-state index in [4.69, 9.17) is 0 Å². The minimum absolute atomic E-state index is 0.252. The van der Waals surface area contributed by atoms with E-state index >= 15 is 0 Å². The quantitative estimate of drug-likeness (QED) is 0.592. The van der Waals surface area contributed by atoms with E-state index in [-0.39, 0.29) is 12.6 Å². The van der Waals surface area contributed by atoms with E-state index in [1.165, 1.54) is 4.90 Å². The summed E-state index contributed by atoms with van der Waals surface area (Å²) in [4.78, 5) is 22.8. The zero-order valence-corrected chi connectivity index (χ0v) is 16.4. The number of nitrogens with zero attached hydrogens (tertiary/aromatic N) is 1. The molecule has 0 aromatic heterocycles. The van der Waals surface area contributed by atoms with Crippen molar-refractivity contribution < 1.29 is 18.9 Å². The Labute approximate surface area is 158 Å². The van der Waals surface area contributed by atoms with Crippen molar-refractivity contribution >= 4 is 31.0 Å². The molecule has 2 unspecified atom stereocenters. The molecule has 27 heavy (non-hydrogen) atoms. The predicted molar refractivity (Wildman–Crippen MR) is 110 cm³/mol. The van der Waals surface area contributed by atoms with E-state index in [0.29, 0.717) is 16.3 Å². The lowest BCUT2D eigenvalue weighted by atomic mass is 10.3. The van der Waals surface area contributed by atoms with Crippen LogP contribution in [0.1, 0.15) is 0 Å². The summed E-state index contributed by atoms with van der Waals surface area (Å²) in [6.45, 7) is 0. The van der Waals surface area contributed by atoms with Gasteiger partial charge in [0.2, 0.25) is 14.7 Å². The average molecular weight is 401 g/mol. The number of benzene rings is 3. The number of hydrogen-bond acceptors (Lipinski definition) is 3. The van der Waals surface area contributed by atoms with E-state index in [9.17, 15) is 18.9 Å². The standard InChI is InChI=1S/C20H21NO4P2/c22-26(23,19-12-6-2-7-13-19)16-21(18-10-4-1-5-11-18)17-27(24,25)20-14-8-3-9-15-20/h1-15H,16-17H2,(H,22,23)(H,24,25). The summed E-state index contributed by atoms with van der Waals surface area (Å²) < 4.78 is 25.9. The van der Waals surface area contributed by atoms with Gasteiger partial charge in [0.15, 0.2) is 0 Å². The van der Waals surface area contributed by atoms with Crippen LogP contribution in [0.4, 0.5) is 5.69 Å². The smallest absolute Gasteiger partial charge is 0.248 e. The molecule has 0 saturated heterocycles. The lowest BCUT2D eigenvalue weighted by molar-refractivity contribution is 0.483. The third-order valence-electron chi connectivity index (χ3n) is 4.17. The first kappa shape index (κ1) is 19.6. The van der Waals surface area contributed by atoms with Crippen molar-refractivity contribution in [3.8, 4) is 0 Å². The average Bonchev–Trinajstić information content (AvgIpc) is 2.69. The molecule has 0 amide bonds. The molecule has 0 bridgehead atoms. The molecule has 5 nitrogen and oxygen atoms in total. The summed E-state index contributed by atoms with van der Waals surface area (Å²) in [5, 5.41) is 0.636. The summed E-state index contributed by atoms with van der Waals surface area (Å²) in [5.41, 5.74) is 0.618. The van der Waals surface area contributed by atoms with Crippen molar-refractivity contribution in [1.29, 1.82) is 0 Å². The van der Waals surface area contributed by atoms with Crippen molar-refractivity contribution in [2.24, 2.45) is 0 Å². The molecule has 0 spiro atoms. The molecule has 0 saturated carbocycles. The van der Waals surface area contributed by atoms with Crippen LogP contribution in [0.15, 0.2) is 91.0 Å². The number of para-hydroxylation sites is 1. The van der Waals surface area contributed by atoms with E-state index in [2.05, 4.69) is 0 Å². The summed E-state index contributed by atoms with van der Waals surface area (Å²) in [6.07, 6.45) is -0.503. The van der Waals surface area contributed by atoms with Crippen molar-refractivity contribution in [2.45, 2.75) is 0 Å². The van der Waals surface area contributed by atoms with Gasteiger partial charge >= 0.3 is 0 Å². The maximum absolute atomic E-state index is 13.0. The second-order valence-corrected chi connectivity index (χ2v) is 10.6. The Bertz CT molecular complexity index is 904. The van der Waals surface area contributed by atoms with Crippen LogP contribution in [0.5, 0.6) is 0 Å². The van der Waals surface area contributed by atoms with Gasteiger partial charge in [-0.25, -0.2) is 0 Å². The largest absolute Gasteiger partial charge is 0.352 e. The minimum Gasteiger partial charge on any atom is -0.352 e. The maximum Gasteiger partial charge on any atom is 0.248 e. The van der Waals surface area contributed by atoms with Crippen LogP contribution in [0.25, 0.3) is 0 Å². The Hall–Kier alpha value is -2.16. The van der Waals surface area contributed by atoms with Crippen molar-refractivity contribution in [1.82, 2.24) is 0 Å². The van der Waals surface area contributed by atoms with Gasteiger partial charge in [-0.05, 0) is 36.4 Å². The molecule has 2 N–H and O–H groups in total. The predicted octanol–water partition coefficient (Wildman–Crippen LogP) is 3.60. The first-order valence-electron chi connectivity index (χ1n) is 8.43. The monoisotopic (exact) mass is 401 g/mol. The first-order valence-corrected chi connectivity index (χ1v) is 12.1. The molecule has 3 aromatic carbocycles. The summed E-state index contributed by atoms with van der Waals surface area (Å²) in [7, 11) is -7.50. The Morgan fingerprint density at radius 1 is 0.593 bits per heavy atom. The van der Waals surface area contributed by atoms with Crippen molar-refractivity contribution in [3.63, 3.8) is 0 Å². The molecule has 0 radical (unpaired) electrons. The lowest BCUT2D eigenvalue weighted by Crippen LogP contribution is -2.30. The number of rotatable bonds is 7. The number of hydrogen-bond donors (Lipinski definition) is 2. The van der Waals surface area contributed by atoms with Crippen LogP contribution in [0.2, 0.25) is 0 Å². The normalized spacial score (nSPS) is 15.5. The Kier molecular flexibility index (Phi) is 5.98. The van der Waals surface area contributed by atoms with Gasteiger partial charge in [-0.15, -0.1) is 0 Å². The fourth-order valence-electron chi connectivity index (χ4n) is 2.79. The first-order chi connectivity index (χ1) is 12.9. The van der Waals surface area contributed by atoms with Crippen molar-refractivity contribution in [2.75, 3.05) is 17.5 Å². The van der Waals surface area contributed by atoms with Gasteiger partial charge in [0.25, 0.3) is 0 Å². The lowest BCUT2D eigenvalue weighted by Gasteiger charge is -2.29. The van der Waals surface area contributed by atoms with Gasteiger partial charge in [-0.2, -0.15) is 0 Å². The van der Waals surface area contributed by atoms with E-state index < -0.39 is 14.7 Å². The molecule has 7 heteroatoms. The van der Waals surface area contributed by atoms with Gasteiger partial charge in [0.1, 0.15) is 0 Å². The number of anilines is 1. The summed E-state index contributed by atoms with van der Waals surface area (Å²) >= 11 is 0. The Balaban J connectivity index is 1.93. The second-order valence-electron chi connectivity index (χ2n) is 6.23. The highest BCUT2D eigenvalue weighted by molar-refractivity contribution is 7.67. The highest BCUT2D eigenvalue weighted by Gasteiger charge is 2.31. The van der Waals surface area contributed by atoms with Crippen LogP contribution in [0, 0.1) is 0 Å². The van der Waals surface area contributed by atoms with Gasteiger partial charge in [-0.1, -0.05) is 54.6 Å². The minimum atomic E-state index is -3.75. The third kappa shape index (κ3) is 4.97. The molecule has 0 heterocycles. The highest BCUT2D eigenvalue weighted by atomic mass is 31.2. The van der Waals surface area contributed by atoms with E-state index in [0.717, 1.165) is 0 Å². The van der Waals surface area contributed by atoms with Crippen LogP contribution in [-0.2, 0) is 9.13 Å². The van der Waals surface area contributed by atoms with Crippen LogP contribution in [-0.4, -0.2) is 22.4 Å². The molecular formula is C20H21NO4P2. The van der Waals surface area contributed by atoms with E-state index in [1.807, 2.05) is 6.07 Å². The van der Waals surface area contributed by atoms with Crippen LogP contribution >= 0.6 is 14.7 Å². The fraction of sp³-hybridized carbons (Fsp3) is 0.100. The zero-order chi connectivity index (χ0) is 19.3. The van der Waals surface area contributed by atoms with Gasteiger partial charge in [-0.3, -0.25) is 9.13 Å². The molecule has 0 aliphatic carbocycles. The maximum atomic E-state index is 13.0. The second kappa shape index (κ2) is 8.24. The van der Waals surface area contributed by atoms with Gasteiger partial charge in [0, 0.05) is 16.3 Å². The molecule has 2 atom stereocenters. The molecule has 0 fully saturated rings. The summed E-state index contributed by atoms with van der Waals surface area (Å²) in [5.74, 6) is 0. The Morgan fingerprint density at radius 2 is 0.926 bits per heavy atom. The van der Waals surface area contributed by atoms with Crippen molar-refractivity contribution in [3.05, 3.63) is 91.0 Å². The molecule has 3 rings (SSSR count). The molecular weight excluding hydrogens is 380 g/mol. The zero-order valence-electron chi connectivity index (χ0n) is 14.6. The Morgan fingerprint density at radius 3 is 1.30 bits per heavy atom. The van der Waals surface area contributed by atoms with Crippen LogP contribution < -0.4 is 15.5 Å². The third-order valence-corrected chi connectivity index (χ3v) is 7.83. The molecule has 3 aromatic rings. The van der Waals surface area contributed by atoms with Crippen LogP contribution in [0.3, 0.4) is 0 Å². The molecule has 0 aliphatic rings. The SMILES string of the molecule is O=P(O)(CN(CP(=O)(O)c1ccccc1)c1ccccc1)c1ccccc1.